The maximum atomic E-state index is 13.0. The minimum Gasteiger partial charge on any atom is -0.376 e. The minimum atomic E-state index is -3.87. The second-order valence-corrected chi connectivity index (χ2v) is 9.22. The number of benzene rings is 2. The molecule has 0 radical (unpaired) electrons. The van der Waals surface area contributed by atoms with E-state index in [1.807, 2.05) is 0 Å². The molecule has 0 fully saturated rings. The van der Waals surface area contributed by atoms with Crippen LogP contribution in [0, 0.1) is 0 Å². The van der Waals surface area contributed by atoms with Gasteiger partial charge < -0.3 is 11.1 Å². The minimum absolute atomic E-state index is 0.0905. The largest absolute Gasteiger partial charge is 0.376 e. The number of halogens is 4. The molecule has 0 amide bonds. The van der Waals surface area contributed by atoms with E-state index in [2.05, 4.69) is 5.32 Å². The Hall–Kier alpha value is -1.02. The van der Waals surface area contributed by atoms with Crippen molar-refractivity contribution in [2.45, 2.75) is 5.75 Å². The Balaban J connectivity index is 2.52. The highest BCUT2D eigenvalue weighted by Crippen LogP contribution is 2.33. The summed E-state index contributed by atoms with van der Waals surface area (Å²) >= 11 is 28.8. The zero-order valence-electron chi connectivity index (χ0n) is 13.0. The Kier molecular flexibility index (Phi) is 7.19. The van der Waals surface area contributed by atoms with Crippen LogP contribution in [0.15, 0.2) is 42.6 Å². The van der Waals surface area contributed by atoms with Crippen LogP contribution in [0.3, 0.4) is 0 Å². The molecule has 0 unspecified atom stereocenters. The zero-order chi connectivity index (χ0) is 19.5. The van der Waals surface area contributed by atoms with Gasteiger partial charge >= 0.3 is 0 Å². The highest BCUT2D eigenvalue weighted by Gasteiger charge is 2.24. The average molecular weight is 470 g/mol. The summed E-state index contributed by atoms with van der Waals surface area (Å²) in [5.41, 5.74) is 6.05. The lowest BCUT2D eigenvalue weighted by molar-refractivity contribution is 0.605. The van der Waals surface area contributed by atoms with Gasteiger partial charge in [-0.25, -0.2) is 8.42 Å². The van der Waals surface area contributed by atoms with E-state index in [1.165, 1.54) is 30.5 Å². The molecule has 2 aromatic carbocycles. The molecule has 2 rings (SSSR count). The van der Waals surface area contributed by atoms with Gasteiger partial charge in [-0.05, 0) is 42.0 Å². The molecule has 0 bridgehead atoms. The fourth-order valence-corrected chi connectivity index (χ4v) is 4.83. The van der Waals surface area contributed by atoms with E-state index in [9.17, 15) is 8.42 Å². The molecule has 4 nitrogen and oxygen atoms in total. The van der Waals surface area contributed by atoms with Crippen LogP contribution in [-0.4, -0.2) is 13.5 Å². The lowest BCUT2D eigenvalue weighted by Crippen LogP contribution is -2.25. The van der Waals surface area contributed by atoms with Crippen molar-refractivity contribution in [2.24, 2.45) is 5.73 Å². The summed E-state index contributed by atoms with van der Waals surface area (Å²) in [5, 5.41) is 3.62. The van der Waals surface area contributed by atoms with Crippen molar-refractivity contribution in [2.75, 3.05) is 0 Å². The van der Waals surface area contributed by atoms with Gasteiger partial charge in [0.25, 0.3) is 0 Å². The number of nitrogens with two attached hydrogens (primary N) is 1. The van der Waals surface area contributed by atoms with Crippen LogP contribution in [0.5, 0.6) is 0 Å². The van der Waals surface area contributed by atoms with Gasteiger partial charge in [-0.2, -0.15) is 0 Å². The van der Waals surface area contributed by atoms with Crippen LogP contribution in [-0.2, 0) is 15.6 Å². The number of sulfone groups is 1. The van der Waals surface area contributed by atoms with Crippen LogP contribution < -0.4 is 11.1 Å². The molecule has 0 aliphatic heterocycles. The molecule has 0 heterocycles. The third kappa shape index (κ3) is 5.49. The van der Waals surface area contributed by atoms with Gasteiger partial charge in [0, 0.05) is 26.8 Å². The molecule has 3 N–H and O–H groups in total. The first-order valence-corrected chi connectivity index (χ1v) is 10.6. The third-order valence-corrected chi connectivity index (χ3v) is 6.19. The summed E-state index contributed by atoms with van der Waals surface area (Å²) in [5.74, 6) is -0.368. The Morgan fingerprint density at radius 2 is 1.62 bits per heavy atom. The summed E-state index contributed by atoms with van der Waals surface area (Å²) in [6.45, 7) is 0. The van der Waals surface area contributed by atoms with Crippen LogP contribution in [0.25, 0.3) is 4.91 Å². The molecular formula is C16H12Cl4N2O2S2. The number of hydrogen-bond donors (Lipinski definition) is 2. The molecule has 0 saturated carbocycles. The van der Waals surface area contributed by atoms with Gasteiger partial charge in [0.15, 0.2) is 14.9 Å². The third-order valence-electron chi connectivity index (χ3n) is 3.24. The van der Waals surface area contributed by atoms with Crippen LogP contribution in [0.2, 0.25) is 20.1 Å². The first kappa shape index (κ1) is 21.3. The lowest BCUT2D eigenvalue weighted by atomic mass is 10.2. The standard InChI is InChI=1S/C16H12Cl4N2O2S2/c17-10-2-1-9(13(19)5-10)8-26(23,24)15(7-22-16(21)25)12-4-3-11(18)6-14(12)20/h1-7H,8H2,(H3,21,22,25)/b15-7+. The predicted molar refractivity (Wildman–Crippen MR) is 113 cm³/mol. The summed E-state index contributed by atoms with van der Waals surface area (Å²) in [7, 11) is -3.87. The van der Waals surface area contributed by atoms with Crippen LogP contribution in [0.1, 0.15) is 11.1 Å². The fraction of sp³-hybridized carbons (Fsp3) is 0.0625. The number of hydrogen-bond acceptors (Lipinski definition) is 3. The fourth-order valence-electron chi connectivity index (χ4n) is 2.08. The van der Waals surface area contributed by atoms with E-state index in [-0.39, 0.29) is 31.4 Å². The molecule has 2 aromatic rings. The van der Waals surface area contributed by atoms with Crippen molar-refractivity contribution in [1.29, 1.82) is 0 Å². The van der Waals surface area contributed by atoms with Crippen molar-refractivity contribution in [3.63, 3.8) is 0 Å². The molecule has 0 saturated heterocycles. The topological polar surface area (TPSA) is 72.2 Å². The molecule has 0 aromatic heterocycles. The quantitative estimate of drug-likeness (QED) is 0.599. The summed E-state index contributed by atoms with van der Waals surface area (Å²) in [4.78, 5) is -0.0991. The van der Waals surface area contributed by atoms with E-state index in [0.29, 0.717) is 15.6 Å². The molecule has 138 valence electrons. The Bertz CT molecular complexity index is 992. The van der Waals surface area contributed by atoms with Gasteiger partial charge in [-0.3, -0.25) is 0 Å². The molecule has 0 atom stereocenters. The highest BCUT2D eigenvalue weighted by molar-refractivity contribution is 7.99. The number of rotatable bonds is 5. The van der Waals surface area contributed by atoms with Crippen molar-refractivity contribution >= 4 is 78.5 Å². The molecule has 26 heavy (non-hydrogen) atoms. The highest BCUT2D eigenvalue weighted by atomic mass is 35.5. The molecule has 0 aliphatic rings. The van der Waals surface area contributed by atoms with Crippen LogP contribution in [0.4, 0.5) is 0 Å². The number of nitrogens with one attached hydrogen (secondary N) is 1. The summed E-state index contributed by atoms with van der Waals surface area (Å²) in [6, 6.07) is 9.05. The van der Waals surface area contributed by atoms with Crippen LogP contribution >= 0.6 is 58.6 Å². The molecule has 10 heteroatoms. The van der Waals surface area contributed by atoms with Gasteiger partial charge in [0.1, 0.15) is 0 Å². The zero-order valence-corrected chi connectivity index (χ0v) is 17.6. The molecule has 0 spiro atoms. The number of thiocarbonyl (C=S) groups is 1. The van der Waals surface area contributed by atoms with Crippen molar-refractivity contribution in [3.8, 4) is 0 Å². The van der Waals surface area contributed by atoms with E-state index in [4.69, 9.17) is 64.4 Å². The van der Waals surface area contributed by atoms with Crippen molar-refractivity contribution in [3.05, 3.63) is 73.8 Å². The van der Waals surface area contributed by atoms with E-state index in [0.717, 1.165) is 0 Å². The SMILES string of the molecule is NC(=S)N/C=C(\c1ccc(Cl)cc1Cl)S(=O)(=O)Cc1ccc(Cl)cc1Cl. The van der Waals surface area contributed by atoms with E-state index >= 15 is 0 Å². The maximum absolute atomic E-state index is 13.0. The lowest BCUT2D eigenvalue weighted by Gasteiger charge is -2.13. The second kappa shape index (κ2) is 8.78. The Morgan fingerprint density at radius 3 is 2.15 bits per heavy atom. The second-order valence-electron chi connectivity index (χ2n) is 5.14. The maximum Gasteiger partial charge on any atom is 0.184 e. The summed E-state index contributed by atoms with van der Waals surface area (Å²) < 4.78 is 26.0. The van der Waals surface area contributed by atoms with E-state index in [1.54, 1.807) is 12.1 Å². The first-order chi connectivity index (χ1) is 12.1. The van der Waals surface area contributed by atoms with E-state index < -0.39 is 9.84 Å². The normalized spacial score (nSPS) is 12.1. The van der Waals surface area contributed by atoms with Gasteiger partial charge in [0.05, 0.1) is 15.7 Å². The first-order valence-electron chi connectivity index (χ1n) is 6.98. The van der Waals surface area contributed by atoms with Gasteiger partial charge in [-0.1, -0.05) is 58.5 Å². The van der Waals surface area contributed by atoms with Gasteiger partial charge in [-0.15, -0.1) is 0 Å². The molecular weight excluding hydrogens is 458 g/mol. The monoisotopic (exact) mass is 468 g/mol. The average Bonchev–Trinajstić information content (AvgIpc) is 2.51. The van der Waals surface area contributed by atoms with Gasteiger partial charge in [0.2, 0.25) is 0 Å². The van der Waals surface area contributed by atoms with Crippen molar-refractivity contribution < 1.29 is 8.42 Å². The molecule has 0 aliphatic carbocycles. The predicted octanol–water partition coefficient (Wildman–Crippen LogP) is 5.05. The van der Waals surface area contributed by atoms with Crippen molar-refractivity contribution in [1.82, 2.24) is 5.32 Å². The Morgan fingerprint density at radius 1 is 1.04 bits per heavy atom. The smallest absolute Gasteiger partial charge is 0.184 e. The summed E-state index contributed by atoms with van der Waals surface area (Å²) in [6.07, 6.45) is 1.19. The Labute approximate surface area is 176 Å².